The topological polar surface area (TPSA) is 91.5 Å². The molecular weight excluding hydrogens is 246 g/mol. The van der Waals surface area contributed by atoms with Crippen molar-refractivity contribution in [2.24, 2.45) is 0 Å². The zero-order valence-electron chi connectivity index (χ0n) is 11.5. The summed E-state index contributed by atoms with van der Waals surface area (Å²) in [5, 5.41) is 0. The zero-order valence-corrected chi connectivity index (χ0v) is 11.5. The summed E-state index contributed by atoms with van der Waals surface area (Å²) in [7, 11) is 3.71. The summed E-state index contributed by atoms with van der Waals surface area (Å²) >= 11 is 0. The lowest BCUT2D eigenvalue weighted by atomic mass is 10.3. The molecule has 1 fully saturated rings. The van der Waals surface area contributed by atoms with Crippen LogP contribution in [-0.4, -0.2) is 66.0 Å². The number of rotatable bonds is 2. The number of aromatic nitrogens is 3. The Balaban J connectivity index is 2.13. The molecule has 0 atom stereocenters. The van der Waals surface area contributed by atoms with E-state index in [0.29, 0.717) is 38.1 Å². The Bertz CT molecular complexity index is 468. The molecule has 2 rings (SSSR count). The fraction of sp³-hybridized carbons (Fsp3) is 0.636. The van der Waals surface area contributed by atoms with Gasteiger partial charge in [-0.15, -0.1) is 0 Å². The number of carbonyl (C=O) groups is 1. The SMILES string of the molecule is CC(=O)N1CCN(c2nc(N)nc(N(C)C)n2)CC1. The maximum Gasteiger partial charge on any atom is 0.232 e. The van der Waals surface area contributed by atoms with Crippen LogP contribution in [-0.2, 0) is 4.79 Å². The summed E-state index contributed by atoms with van der Waals surface area (Å²) in [6.07, 6.45) is 0. The van der Waals surface area contributed by atoms with Crippen LogP contribution in [0.25, 0.3) is 0 Å². The molecule has 1 aliphatic rings. The largest absolute Gasteiger partial charge is 0.368 e. The number of nitrogens with zero attached hydrogens (tertiary/aromatic N) is 6. The first-order valence-electron chi connectivity index (χ1n) is 6.16. The molecule has 104 valence electrons. The Morgan fingerprint density at radius 1 is 1.16 bits per heavy atom. The summed E-state index contributed by atoms with van der Waals surface area (Å²) in [4.78, 5) is 29.5. The second-order valence-corrected chi connectivity index (χ2v) is 4.68. The Hall–Kier alpha value is -2.12. The molecule has 0 aromatic carbocycles. The van der Waals surface area contributed by atoms with Crippen molar-refractivity contribution >= 4 is 23.8 Å². The molecule has 8 heteroatoms. The fourth-order valence-electron chi connectivity index (χ4n) is 1.93. The van der Waals surface area contributed by atoms with Crippen molar-refractivity contribution in [3.05, 3.63) is 0 Å². The van der Waals surface area contributed by atoms with Gasteiger partial charge in [0.15, 0.2) is 0 Å². The molecule has 0 radical (unpaired) electrons. The van der Waals surface area contributed by atoms with Crippen molar-refractivity contribution in [2.45, 2.75) is 6.92 Å². The van der Waals surface area contributed by atoms with Crippen LogP contribution < -0.4 is 15.5 Å². The predicted molar refractivity (Wildman–Crippen MR) is 73.0 cm³/mol. The van der Waals surface area contributed by atoms with E-state index in [1.165, 1.54) is 0 Å². The van der Waals surface area contributed by atoms with Crippen LogP contribution >= 0.6 is 0 Å². The number of hydrogen-bond donors (Lipinski definition) is 1. The van der Waals surface area contributed by atoms with E-state index in [1.54, 1.807) is 11.8 Å². The predicted octanol–water partition coefficient (Wildman–Crippen LogP) is -0.812. The Kier molecular flexibility index (Phi) is 3.68. The number of nitrogens with two attached hydrogens (primary N) is 1. The van der Waals surface area contributed by atoms with E-state index < -0.39 is 0 Å². The van der Waals surface area contributed by atoms with E-state index in [0.717, 1.165) is 0 Å². The van der Waals surface area contributed by atoms with Gasteiger partial charge in [0.1, 0.15) is 0 Å². The van der Waals surface area contributed by atoms with Crippen molar-refractivity contribution < 1.29 is 4.79 Å². The lowest BCUT2D eigenvalue weighted by Gasteiger charge is -2.34. The summed E-state index contributed by atoms with van der Waals surface area (Å²) < 4.78 is 0. The molecule has 0 aliphatic carbocycles. The number of hydrogen-bond acceptors (Lipinski definition) is 7. The van der Waals surface area contributed by atoms with Gasteiger partial charge in [0, 0.05) is 47.2 Å². The molecule has 0 unspecified atom stereocenters. The maximum atomic E-state index is 11.3. The number of carbonyl (C=O) groups excluding carboxylic acids is 1. The lowest BCUT2D eigenvalue weighted by Crippen LogP contribution is -2.48. The van der Waals surface area contributed by atoms with Crippen molar-refractivity contribution in [1.29, 1.82) is 0 Å². The Labute approximate surface area is 112 Å². The van der Waals surface area contributed by atoms with Gasteiger partial charge in [-0.25, -0.2) is 0 Å². The summed E-state index contributed by atoms with van der Waals surface area (Å²) in [6.45, 7) is 4.35. The quantitative estimate of drug-likeness (QED) is 0.747. The molecule has 0 bridgehead atoms. The van der Waals surface area contributed by atoms with Gasteiger partial charge < -0.3 is 20.4 Å². The highest BCUT2D eigenvalue weighted by Crippen LogP contribution is 2.15. The van der Waals surface area contributed by atoms with E-state index in [4.69, 9.17) is 5.73 Å². The van der Waals surface area contributed by atoms with Gasteiger partial charge >= 0.3 is 0 Å². The van der Waals surface area contributed by atoms with E-state index in [-0.39, 0.29) is 11.9 Å². The smallest absolute Gasteiger partial charge is 0.232 e. The van der Waals surface area contributed by atoms with E-state index >= 15 is 0 Å². The summed E-state index contributed by atoms with van der Waals surface area (Å²) in [5.41, 5.74) is 5.70. The van der Waals surface area contributed by atoms with Crippen LogP contribution in [0.2, 0.25) is 0 Å². The summed E-state index contributed by atoms with van der Waals surface area (Å²) in [5.74, 6) is 1.42. The number of amides is 1. The van der Waals surface area contributed by atoms with Crippen LogP contribution in [0.5, 0.6) is 0 Å². The third-order valence-electron chi connectivity index (χ3n) is 3.04. The number of anilines is 3. The van der Waals surface area contributed by atoms with Crippen LogP contribution in [0.15, 0.2) is 0 Å². The molecule has 0 saturated carbocycles. The minimum absolute atomic E-state index is 0.101. The number of nitrogen functional groups attached to an aromatic ring is 1. The molecule has 0 spiro atoms. The minimum atomic E-state index is 0.101. The van der Waals surface area contributed by atoms with Crippen molar-refractivity contribution in [2.75, 3.05) is 55.8 Å². The average Bonchev–Trinajstić information content (AvgIpc) is 2.38. The standard InChI is InChI=1S/C11H19N7O/c1-8(19)17-4-6-18(7-5-17)11-14-9(12)13-10(15-11)16(2)3/h4-7H2,1-3H3,(H2,12,13,14,15). The maximum absolute atomic E-state index is 11.3. The molecule has 1 aromatic heterocycles. The molecule has 1 aliphatic heterocycles. The highest BCUT2D eigenvalue weighted by Gasteiger charge is 2.21. The molecule has 19 heavy (non-hydrogen) atoms. The lowest BCUT2D eigenvalue weighted by molar-refractivity contribution is -0.129. The van der Waals surface area contributed by atoms with Crippen molar-refractivity contribution in [3.8, 4) is 0 Å². The van der Waals surface area contributed by atoms with Crippen molar-refractivity contribution in [3.63, 3.8) is 0 Å². The Morgan fingerprint density at radius 2 is 1.79 bits per heavy atom. The molecule has 1 amide bonds. The first-order valence-corrected chi connectivity index (χ1v) is 6.16. The van der Waals surface area contributed by atoms with Gasteiger partial charge in [-0.1, -0.05) is 0 Å². The minimum Gasteiger partial charge on any atom is -0.368 e. The van der Waals surface area contributed by atoms with E-state index in [2.05, 4.69) is 15.0 Å². The van der Waals surface area contributed by atoms with Gasteiger partial charge in [-0.3, -0.25) is 4.79 Å². The summed E-state index contributed by atoms with van der Waals surface area (Å²) in [6, 6.07) is 0. The number of piperazine rings is 1. The highest BCUT2D eigenvalue weighted by atomic mass is 16.2. The third kappa shape index (κ3) is 3.01. The molecule has 8 nitrogen and oxygen atoms in total. The molecule has 1 saturated heterocycles. The fourth-order valence-corrected chi connectivity index (χ4v) is 1.93. The van der Waals surface area contributed by atoms with Gasteiger partial charge in [-0.05, 0) is 0 Å². The third-order valence-corrected chi connectivity index (χ3v) is 3.04. The van der Waals surface area contributed by atoms with Crippen LogP contribution in [0.1, 0.15) is 6.92 Å². The van der Waals surface area contributed by atoms with E-state index in [9.17, 15) is 4.79 Å². The van der Waals surface area contributed by atoms with Crippen LogP contribution in [0, 0.1) is 0 Å². The first-order chi connectivity index (χ1) is 8.97. The van der Waals surface area contributed by atoms with Gasteiger partial charge in [-0.2, -0.15) is 15.0 Å². The van der Waals surface area contributed by atoms with Gasteiger partial charge in [0.05, 0.1) is 0 Å². The molecule has 1 aromatic rings. The van der Waals surface area contributed by atoms with Gasteiger partial charge in [0.25, 0.3) is 0 Å². The van der Waals surface area contributed by atoms with Crippen molar-refractivity contribution in [1.82, 2.24) is 19.9 Å². The highest BCUT2D eigenvalue weighted by molar-refractivity contribution is 5.73. The second-order valence-electron chi connectivity index (χ2n) is 4.68. The average molecular weight is 265 g/mol. The second kappa shape index (κ2) is 5.25. The Morgan fingerprint density at radius 3 is 2.32 bits per heavy atom. The van der Waals surface area contributed by atoms with Crippen LogP contribution in [0.3, 0.4) is 0 Å². The van der Waals surface area contributed by atoms with Crippen LogP contribution in [0.4, 0.5) is 17.8 Å². The first kappa shape index (κ1) is 13.3. The van der Waals surface area contributed by atoms with E-state index in [1.807, 2.05) is 23.9 Å². The molecule has 2 heterocycles. The van der Waals surface area contributed by atoms with Gasteiger partial charge in [0.2, 0.25) is 23.8 Å². The monoisotopic (exact) mass is 265 g/mol. The molecule has 2 N–H and O–H groups in total. The molecular formula is C11H19N7O. The normalized spacial score (nSPS) is 15.5. The zero-order chi connectivity index (χ0) is 14.0.